The Kier molecular flexibility index (Phi) is 3.84. The van der Waals surface area contributed by atoms with Crippen LogP contribution < -0.4 is 16.2 Å². The largest absolute Gasteiger partial charge is 0.491 e. The Hall–Kier alpha value is -2.08. The van der Waals surface area contributed by atoms with Crippen molar-refractivity contribution in [3.63, 3.8) is 0 Å². The molecule has 0 radical (unpaired) electrons. The van der Waals surface area contributed by atoms with E-state index >= 15 is 0 Å². The predicted molar refractivity (Wildman–Crippen MR) is 56.1 cm³/mol. The third kappa shape index (κ3) is 3.25. The molecule has 1 aromatic rings. The number of aliphatic carboxylic acids is 1. The predicted octanol–water partition coefficient (Wildman–Crippen LogP) is -0.424. The number of carbonyl (C=O) groups excluding carboxylic acids is 1. The Morgan fingerprint density at radius 3 is 2.31 bits per heavy atom. The molecular formula is C10H12N2O4. The average Bonchev–Trinajstić information content (AvgIpc) is 2.26. The smallest absolute Gasteiger partial charge is 0.324 e. The van der Waals surface area contributed by atoms with Crippen LogP contribution in [-0.4, -0.2) is 29.6 Å². The molecule has 0 saturated heterocycles. The fraction of sp³-hybridized carbons (Fsp3) is 0.200. The van der Waals surface area contributed by atoms with Crippen molar-refractivity contribution >= 4 is 11.9 Å². The minimum Gasteiger partial charge on any atom is -0.491 e. The number of amides is 1. The molecular weight excluding hydrogens is 212 g/mol. The fourth-order valence-electron chi connectivity index (χ4n) is 0.973. The standard InChI is InChI=1S/C10H12N2O4/c11-8(10(14)15)5-16-7-3-1-6(2-4-7)9(12)13/h1-4,8H,5,11H2,(H2,12,13)(H,14,15). The van der Waals surface area contributed by atoms with Crippen LogP contribution in [-0.2, 0) is 4.79 Å². The number of primary amides is 1. The molecule has 6 heteroatoms. The van der Waals surface area contributed by atoms with Gasteiger partial charge in [-0.1, -0.05) is 0 Å². The topological polar surface area (TPSA) is 116 Å². The zero-order chi connectivity index (χ0) is 12.1. The highest BCUT2D eigenvalue weighted by molar-refractivity contribution is 5.92. The fourth-order valence-corrected chi connectivity index (χ4v) is 0.973. The molecule has 5 N–H and O–H groups in total. The Morgan fingerprint density at radius 2 is 1.88 bits per heavy atom. The van der Waals surface area contributed by atoms with Crippen molar-refractivity contribution in [1.29, 1.82) is 0 Å². The highest BCUT2D eigenvalue weighted by Crippen LogP contribution is 2.11. The Bertz CT molecular complexity index is 388. The second-order valence-electron chi connectivity index (χ2n) is 3.14. The number of carbonyl (C=O) groups is 2. The maximum atomic E-state index is 10.8. The van der Waals surface area contributed by atoms with E-state index in [-0.39, 0.29) is 6.61 Å². The van der Waals surface area contributed by atoms with E-state index in [1.807, 2.05) is 0 Å². The van der Waals surface area contributed by atoms with Gasteiger partial charge in [0.2, 0.25) is 5.91 Å². The summed E-state index contributed by atoms with van der Waals surface area (Å²) < 4.78 is 5.11. The van der Waals surface area contributed by atoms with E-state index in [4.69, 9.17) is 21.3 Å². The molecule has 1 unspecified atom stereocenters. The van der Waals surface area contributed by atoms with Crippen molar-refractivity contribution in [3.8, 4) is 5.75 Å². The highest BCUT2D eigenvalue weighted by Gasteiger charge is 2.11. The van der Waals surface area contributed by atoms with E-state index in [1.54, 1.807) is 0 Å². The zero-order valence-electron chi connectivity index (χ0n) is 8.42. The van der Waals surface area contributed by atoms with Gasteiger partial charge < -0.3 is 21.3 Å². The summed E-state index contributed by atoms with van der Waals surface area (Å²) in [5.41, 5.74) is 10.6. The number of hydrogen-bond acceptors (Lipinski definition) is 4. The van der Waals surface area contributed by atoms with Crippen LogP contribution in [0.1, 0.15) is 10.4 Å². The molecule has 16 heavy (non-hydrogen) atoms. The van der Waals surface area contributed by atoms with Gasteiger partial charge in [-0.3, -0.25) is 9.59 Å². The van der Waals surface area contributed by atoms with Gasteiger partial charge in [0.1, 0.15) is 18.4 Å². The van der Waals surface area contributed by atoms with Gasteiger partial charge in [-0.15, -0.1) is 0 Å². The molecule has 0 bridgehead atoms. The monoisotopic (exact) mass is 224 g/mol. The van der Waals surface area contributed by atoms with E-state index in [0.717, 1.165) is 0 Å². The molecule has 0 spiro atoms. The molecule has 1 amide bonds. The van der Waals surface area contributed by atoms with Gasteiger partial charge in [-0.2, -0.15) is 0 Å². The number of nitrogens with two attached hydrogens (primary N) is 2. The molecule has 0 saturated carbocycles. The van der Waals surface area contributed by atoms with Gasteiger partial charge in [-0.05, 0) is 24.3 Å². The zero-order valence-corrected chi connectivity index (χ0v) is 8.42. The van der Waals surface area contributed by atoms with Crippen molar-refractivity contribution in [2.24, 2.45) is 11.5 Å². The molecule has 1 atom stereocenters. The summed E-state index contributed by atoms with van der Waals surface area (Å²) in [6.07, 6.45) is 0. The number of ether oxygens (including phenoxy) is 1. The lowest BCUT2D eigenvalue weighted by molar-refractivity contribution is -0.139. The number of rotatable bonds is 5. The first kappa shape index (κ1) is 12.0. The second-order valence-corrected chi connectivity index (χ2v) is 3.14. The van der Waals surface area contributed by atoms with Crippen LogP contribution in [0.3, 0.4) is 0 Å². The summed E-state index contributed by atoms with van der Waals surface area (Å²) in [6, 6.07) is 4.95. The van der Waals surface area contributed by atoms with Crippen LogP contribution in [0.25, 0.3) is 0 Å². The van der Waals surface area contributed by atoms with Gasteiger partial charge in [-0.25, -0.2) is 0 Å². The minimum absolute atomic E-state index is 0.134. The molecule has 0 aliphatic heterocycles. The molecule has 0 aliphatic rings. The number of benzene rings is 1. The minimum atomic E-state index is -1.13. The van der Waals surface area contributed by atoms with E-state index in [2.05, 4.69) is 0 Å². The summed E-state index contributed by atoms with van der Waals surface area (Å²) >= 11 is 0. The van der Waals surface area contributed by atoms with Crippen LogP contribution in [0.2, 0.25) is 0 Å². The van der Waals surface area contributed by atoms with Crippen molar-refractivity contribution in [1.82, 2.24) is 0 Å². The number of hydrogen-bond donors (Lipinski definition) is 3. The SMILES string of the molecule is NC(=O)c1ccc(OCC(N)C(=O)O)cc1. The van der Waals surface area contributed by atoms with Gasteiger partial charge in [0.25, 0.3) is 0 Å². The van der Waals surface area contributed by atoms with Crippen molar-refractivity contribution in [3.05, 3.63) is 29.8 Å². The molecule has 86 valence electrons. The highest BCUT2D eigenvalue weighted by atomic mass is 16.5. The van der Waals surface area contributed by atoms with Crippen LogP contribution in [0.5, 0.6) is 5.75 Å². The lowest BCUT2D eigenvalue weighted by Gasteiger charge is -2.09. The van der Waals surface area contributed by atoms with Crippen molar-refractivity contribution < 1.29 is 19.4 Å². The first-order valence-corrected chi connectivity index (χ1v) is 4.51. The van der Waals surface area contributed by atoms with Gasteiger partial charge >= 0.3 is 5.97 Å². The van der Waals surface area contributed by atoms with Crippen LogP contribution in [0, 0.1) is 0 Å². The van der Waals surface area contributed by atoms with E-state index < -0.39 is 17.9 Å². The maximum Gasteiger partial charge on any atom is 0.324 e. The summed E-state index contributed by atoms with van der Waals surface area (Å²) in [7, 11) is 0. The van der Waals surface area contributed by atoms with E-state index in [0.29, 0.717) is 11.3 Å². The summed E-state index contributed by atoms with van der Waals surface area (Å²) in [4.78, 5) is 21.1. The van der Waals surface area contributed by atoms with Crippen LogP contribution in [0.4, 0.5) is 0 Å². The first-order valence-electron chi connectivity index (χ1n) is 4.51. The number of carboxylic acid groups (broad SMARTS) is 1. The Balaban J connectivity index is 2.56. The third-order valence-electron chi connectivity index (χ3n) is 1.89. The van der Waals surface area contributed by atoms with Crippen molar-refractivity contribution in [2.45, 2.75) is 6.04 Å². The van der Waals surface area contributed by atoms with Gasteiger partial charge in [0, 0.05) is 5.56 Å². The van der Waals surface area contributed by atoms with Gasteiger partial charge in [0.15, 0.2) is 0 Å². The Morgan fingerprint density at radius 1 is 1.31 bits per heavy atom. The molecule has 0 fully saturated rings. The van der Waals surface area contributed by atoms with Crippen molar-refractivity contribution in [2.75, 3.05) is 6.61 Å². The Labute approximate surface area is 91.8 Å². The molecule has 6 nitrogen and oxygen atoms in total. The quantitative estimate of drug-likeness (QED) is 0.628. The lowest BCUT2D eigenvalue weighted by atomic mass is 10.2. The van der Waals surface area contributed by atoms with Gasteiger partial charge in [0.05, 0.1) is 0 Å². The summed E-state index contributed by atoms with van der Waals surface area (Å²) in [5.74, 6) is -1.23. The van der Waals surface area contributed by atoms with E-state index in [1.165, 1.54) is 24.3 Å². The second kappa shape index (κ2) is 5.13. The van der Waals surface area contributed by atoms with E-state index in [9.17, 15) is 9.59 Å². The summed E-state index contributed by atoms with van der Waals surface area (Å²) in [6.45, 7) is -0.134. The first-order chi connectivity index (χ1) is 7.50. The molecule has 0 aliphatic carbocycles. The molecule has 1 aromatic carbocycles. The lowest BCUT2D eigenvalue weighted by Crippen LogP contribution is -2.36. The maximum absolute atomic E-state index is 10.8. The third-order valence-corrected chi connectivity index (χ3v) is 1.89. The normalized spacial score (nSPS) is 11.8. The molecule has 1 rings (SSSR count). The van der Waals surface area contributed by atoms with Crippen LogP contribution in [0.15, 0.2) is 24.3 Å². The number of carboxylic acids is 1. The summed E-state index contributed by atoms with van der Waals surface area (Å²) in [5, 5.41) is 8.51. The molecule has 0 aromatic heterocycles. The average molecular weight is 224 g/mol. The molecule has 0 heterocycles. The van der Waals surface area contributed by atoms with Crippen LogP contribution >= 0.6 is 0 Å².